The van der Waals surface area contributed by atoms with Crippen molar-refractivity contribution in [2.24, 2.45) is 17.3 Å². The van der Waals surface area contributed by atoms with Gasteiger partial charge in [-0.05, 0) is 55.7 Å². The first-order valence-corrected chi connectivity index (χ1v) is 9.60. The van der Waals surface area contributed by atoms with Gasteiger partial charge >= 0.3 is 0 Å². The number of hydrogen-bond acceptors (Lipinski definition) is 2. The van der Waals surface area contributed by atoms with Gasteiger partial charge in [0.2, 0.25) is 0 Å². The predicted octanol–water partition coefficient (Wildman–Crippen LogP) is 4.91. The number of nitrogens with zero attached hydrogens (tertiary/aromatic N) is 1. The minimum absolute atomic E-state index is 0.121. The summed E-state index contributed by atoms with van der Waals surface area (Å²) in [6.07, 6.45) is 14.0. The highest BCUT2D eigenvalue weighted by Crippen LogP contribution is 2.45. The van der Waals surface area contributed by atoms with Crippen LogP contribution in [0.1, 0.15) is 38.7 Å². The molecule has 0 aromatic heterocycles. The number of benzene rings is 1. The van der Waals surface area contributed by atoms with Crippen molar-refractivity contribution in [3.8, 4) is 0 Å². The Hall–Kier alpha value is -1.67. The molecule has 25 heavy (non-hydrogen) atoms. The molecule has 136 valence electrons. The zero-order valence-corrected chi connectivity index (χ0v) is 16.0. The molecule has 0 N–H and O–H groups in total. The number of carbonyl (C=O) groups is 1. The van der Waals surface area contributed by atoms with E-state index in [2.05, 4.69) is 80.4 Å². The Morgan fingerprint density at radius 2 is 1.92 bits per heavy atom. The largest absolute Gasteiger partial charge is 0.306 e. The van der Waals surface area contributed by atoms with Crippen LogP contribution in [0.25, 0.3) is 0 Å². The van der Waals surface area contributed by atoms with Gasteiger partial charge in [0.1, 0.15) is 6.29 Å². The smallest absolute Gasteiger partial charge is 0.120 e. The van der Waals surface area contributed by atoms with Crippen molar-refractivity contribution in [2.45, 2.75) is 39.5 Å². The average Bonchev–Trinajstić information content (AvgIpc) is 2.62. The summed E-state index contributed by atoms with van der Waals surface area (Å²) in [7, 11) is 2.21. The van der Waals surface area contributed by atoms with Gasteiger partial charge in [0.05, 0.1) is 0 Å². The molecule has 0 aliphatic heterocycles. The van der Waals surface area contributed by atoms with E-state index in [1.165, 1.54) is 5.56 Å². The zero-order chi connectivity index (χ0) is 18.1. The highest BCUT2D eigenvalue weighted by molar-refractivity contribution is 5.51. The summed E-state index contributed by atoms with van der Waals surface area (Å²) >= 11 is 0. The average molecular weight is 340 g/mol. The van der Waals surface area contributed by atoms with Gasteiger partial charge in [0, 0.05) is 13.0 Å². The van der Waals surface area contributed by atoms with E-state index in [0.717, 1.165) is 38.6 Å². The van der Waals surface area contributed by atoms with Gasteiger partial charge in [-0.15, -0.1) is 0 Å². The van der Waals surface area contributed by atoms with Gasteiger partial charge < -0.3 is 9.69 Å². The Balaban J connectivity index is 1.85. The summed E-state index contributed by atoms with van der Waals surface area (Å²) in [5.74, 6) is 0.873. The monoisotopic (exact) mass is 339 g/mol. The molecule has 0 bridgehead atoms. The minimum Gasteiger partial charge on any atom is -0.306 e. The van der Waals surface area contributed by atoms with Gasteiger partial charge in [-0.2, -0.15) is 0 Å². The molecule has 1 aromatic carbocycles. The molecule has 2 rings (SSSR count). The van der Waals surface area contributed by atoms with Crippen molar-refractivity contribution in [3.05, 3.63) is 60.2 Å². The van der Waals surface area contributed by atoms with Crippen molar-refractivity contribution >= 4 is 6.29 Å². The lowest BCUT2D eigenvalue weighted by molar-refractivity contribution is -0.109. The first kappa shape index (κ1) is 19.7. The summed E-state index contributed by atoms with van der Waals surface area (Å²) in [4.78, 5) is 13.5. The highest BCUT2D eigenvalue weighted by atomic mass is 16.1. The Bertz CT molecular complexity index is 575. The lowest BCUT2D eigenvalue weighted by Gasteiger charge is -2.42. The third kappa shape index (κ3) is 5.40. The fourth-order valence-corrected chi connectivity index (χ4v) is 4.05. The number of carbonyl (C=O) groups excluding carboxylic acids is 1. The summed E-state index contributed by atoms with van der Waals surface area (Å²) in [6, 6.07) is 10.7. The fourth-order valence-electron chi connectivity index (χ4n) is 4.05. The number of hydrogen-bond donors (Lipinski definition) is 0. The lowest BCUT2D eigenvalue weighted by Crippen LogP contribution is -2.35. The molecule has 2 atom stereocenters. The summed E-state index contributed by atoms with van der Waals surface area (Å²) < 4.78 is 0. The molecule has 1 aromatic rings. The molecular formula is C23H33NO. The number of aldehydes is 1. The van der Waals surface area contributed by atoms with Crippen LogP contribution in [-0.2, 0) is 11.2 Å². The van der Waals surface area contributed by atoms with Crippen molar-refractivity contribution in [1.29, 1.82) is 0 Å². The van der Waals surface area contributed by atoms with Gasteiger partial charge in [-0.1, -0.05) is 68.5 Å². The molecule has 2 nitrogen and oxygen atoms in total. The van der Waals surface area contributed by atoms with Crippen molar-refractivity contribution in [3.63, 3.8) is 0 Å². The second kappa shape index (κ2) is 9.72. The maximum absolute atomic E-state index is 11.1. The third-order valence-electron chi connectivity index (χ3n) is 5.75. The third-order valence-corrected chi connectivity index (χ3v) is 5.75. The molecule has 0 amide bonds. The molecule has 0 saturated carbocycles. The highest BCUT2D eigenvalue weighted by Gasteiger charge is 2.38. The van der Waals surface area contributed by atoms with Crippen LogP contribution in [-0.4, -0.2) is 31.3 Å². The van der Waals surface area contributed by atoms with E-state index in [-0.39, 0.29) is 5.41 Å². The molecule has 1 aliphatic carbocycles. The summed E-state index contributed by atoms with van der Waals surface area (Å²) in [5, 5.41) is 0. The van der Waals surface area contributed by atoms with Gasteiger partial charge in [0.25, 0.3) is 0 Å². The van der Waals surface area contributed by atoms with Crippen LogP contribution in [0.4, 0.5) is 0 Å². The Morgan fingerprint density at radius 1 is 1.16 bits per heavy atom. The number of likely N-dealkylation sites (N-methyl/N-ethyl adjacent to an activating group) is 1. The van der Waals surface area contributed by atoms with Crippen LogP contribution in [0.15, 0.2) is 54.6 Å². The normalized spacial score (nSPS) is 22.7. The topological polar surface area (TPSA) is 20.3 Å². The van der Waals surface area contributed by atoms with Crippen LogP contribution in [0.3, 0.4) is 0 Å². The molecular weight excluding hydrogens is 306 g/mol. The second-order valence-electron chi connectivity index (χ2n) is 7.66. The number of allylic oxidation sites excluding steroid dienone is 4. The Labute approximate surface area is 153 Å². The SMILES string of the molecule is CC(C)C1(CCCN(C)CCc2ccccc2)C=CC=C[C@@H]1CC=O. The van der Waals surface area contributed by atoms with Crippen LogP contribution < -0.4 is 0 Å². The van der Waals surface area contributed by atoms with E-state index in [1.54, 1.807) is 0 Å². The Morgan fingerprint density at radius 3 is 2.60 bits per heavy atom. The van der Waals surface area contributed by atoms with E-state index < -0.39 is 0 Å². The standard InChI is InChI=1S/C23H33NO/c1-20(2)23(15-8-7-12-22(23)14-19-25)16-9-17-24(3)18-13-21-10-5-4-6-11-21/h4-8,10-12,15,19-20,22H,9,13-14,16-18H2,1-3H3/t22-,23?/m1/s1. The van der Waals surface area contributed by atoms with Crippen LogP contribution in [0.2, 0.25) is 0 Å². The van der Waals surface area contributed by atoms with E-state index in [4.69, 9.17) is 0 Å². The maximum atomic E-state index is 11.1. The first-order chi connectivity index (χ1) is 12.1. The van der Waals surface area contributed by atoms with Gasteiger partial charge in [-0.25, -0.2) is 0 Å². The van der Waals surface area contributed by atoms with Crippen molar-refractivity contribution < 1.29 is 4.79 Å². The molecule has 0 radical (unpaired) electrons. The van der Waals surface area contributed by atoms with E-state index in [1.807, 2.05) is 0 Å². The molecule has 1 aliphatic rings. The molecule has 0 saturated heterocycles. The lowest BCUT2D eigenvalue weighted by atomic mass is 9.62. The summed E-state index contributed by atoms with van der Waals surface area (Å²) in [5.41, 5.74) is 1.52. The molecule has 0 spiro atoms. The zero-order valence-electron chi connectivity index (χ0n) is 16.0. The minimum atomic E-state index is 0.121. The van der Waals surface area contributed by atoms with Gasteiger partial charge in [-0.3, -0.25) is 0 Å². The molecule has 1 unspecified atom stereocenters. The van der Waals surface area contributed by atoms with Crippen LogP contribution in [0, 0.1) is 17.3 Å². The van der Waals surface area contributed by atoms with Crippen LogP contribution in [0.5, 0.6) is 0 Å². The van der Waals surface area contributed by atoms with Crippen LogP contribution >= 0.6 is 0 Å². The van der Waals surface area contributed by atoms with E-state index in [9.17, 15) is 4.79 Å². The summed E-state index contributed by atoms with van der Waals surface area (Å²) in [6.45, 7) is 6.78. The number of rotatable bonds is 10. The van der Waals surface area contributed by atoms with Crippen molar-refractivity contribution in [1.82, 2.24) is 4.90 Å². The second-order valence-corrected chi connectivity index (χ2v) is 7.66. The van der Waals surface area contributed by atoms with Gasteiger partial charge in [0.15, 0.2) is 0 Å². The van der Waals surface area contributed by atoms with Crippen molar-refractivity contribution in [2.75, 3.05) is 20.1 Å². The maximum Gasteiger partial charge on any atom is 0.120 e. The first-order valence-electron chi connectivity index (χ1n) is 9.60. The van der Waals surface area contributed by atoms with E-state index in [0.29, 0.717) is 18.3 Å². The van der Waals surface area contributed by atoms with E-state index >= 15 is 0 Å². The quantitative estimate of drug-likeness (QED) is 0.564. The fraction of sp³-hybridized carbons (Fsp3) is 0.522. The predicted molar refractivity (Wildman–Crippen MR) is 107 cm³/mol. The molecule has 0 fully saturated rings. The molecule has 2 heteroatoms. The Kier molecular flexibility index (Phi) is 7.64. The molecule has 0 heterocycles.